The maximum atomic E-state index is 11.3. The fourth-order valence-corrected chi connectivity index (χ4v) is 2.33. The summed E-state index contributed by atoms with van der Waals surface area (Å²) in [6, 6.07) is 9.83. The first-order chi connectivity index (χ1) is 7.79. The average Bonchev–Trinajstić information content (AvgIpc) is 2.55. The third kappa shape index (κ3) is 2.42. The van der Waals surface area contributed by atoms with E-state index in [1.54, 1.807) is 0 Å². The van der Waals surface area contributed by atoms with Crippen molar-refractivity contribution in [3.8, 4) is 0 Å². The molecule has 16 heavy (non-hydrogen) atoms. The van der Waals surface area contributed by atoms with Gasteiger partial charge in [-0.05, 0) is 24.9 Å². The quantitative estimate of drug-likeness (QED) is 0.801. The van der Waals surface area contributed by atoms with Crippen molar-refractivity contribution in [1.82, 2.24) is 5.32 Å². The number of nitrogens with one attached hydrogen (secondary N) is 1. The van der Waals surface area contributed by atoms with Crippen molar-refractivity contribution in [2.45, 2.75) is 25.3 Å². The van der Waals surface area contributed by atoms with E-state index in [1.807, 2.05) is 30.3 Å². The van der Waals surface area contributed by atoms with E-state index in [0.29, 0.717) is 0 Å². The Labute approximate surface area is 95.5 Å². The molecule has 1 heterocycles. The van der Waals surface area contributed by atoms with Crippen LogP contribution in [0.25, 0.3) is 0 Å². The minimum atomic E-state index is -0.691. The van der Waals surface area contributed by atoms with Crippen molar-refractivity contribution in [3.05, 3.63) is 35.9 Å². The molecule has 0 spiro atoms. The van der Waals surface area contributed by atoms with Crippen molar-refractivity contribution in [2.75, 3.05) is 6.54 Å². The first kappa shape index (κ1) is 11.1. The lowest BCUT2D eigenvalue weighted by atomic mass is 9.90. The maximum absolute atomic E-state index is 11.3. The summed E-state index contributed by atoms with van der Waals surface area (Å²) in [5.41, 5.74) is 1.08. The predicted octanol–water partition coefficient (Wildman–Crippen LogP) is 2.20. The minimum absolute atomic E-state index is 0.0406. The van der Waals surface area contributed by atoms with Crippen LogP contribution in [0.1, 0.15) is 30.9 Å². The van der Waals surface area contributed by atoms with E-state index in [0.717, 1.165) is 31.4 Å². The highest BCUT2D eigenvalue weighted by Gasteiger charge is 2.30. The Morgan fingerprint density at radius 1 is 1.25 bits per heavy atom. The highest BCUT2D eigenvalue weighted by atomic mass is 16.4. The summed E-state index contributed by atoms with van der Waals surface area (Å²) in [5, 5.41) is 12.6. The van der Waals surface area contributed by atoms with Crippen molar-refractivity contribution in [1.29, 1.82) is 0 Å². The predicted molar refractivity (Wildman–Crippen MR) is 62.2 cm³/mol. The number of carboxylic acid groups (broad SMARTS) is 1. The number of hydrogen-bond acceptors (Lipinski definition) is 2. The number of carboxylic acids is 1. The maximum Gasteiger partial charge on any atom is 0.308 e. The smallest absolute Gasteiger partial charge is 0.308 e. The van der Waals surface area contributed by atoms with Gasteiger partial charge < -0.3 is 10.4 Å². The fraction of sp³-hybridized carbons (Fsp3) is 0.462. The molecule has 0 aliphatic carbocycles. The van der Waals surface area contributed by atoms with Gasteiger partial charge in [0.2, 0.25) is 0 Å². The molecule has 3 nitrogen and oxygen atoms in total. The molecular formula is C13H17NO2. The van der Waals surface area contributed by atoms with E-state index < -0.39 is 5.97 Å². The summed E-state index contributed by atoms with van der Waals surface area (Å²) in [5.74, 6) is -0.992. The largest absolute Gasteiger partial charge is 0.481 e. The van der Waals surface area contributed by atoms with Crippen LogP contribution in [0, 0.1) is 5.92 Å². The second kappa shape index (κ2) is 5.12. The lowest BCUT2D eigenvalue weighted by Crippen LogP contribution is -2.31. The zero-order chi connectivity index (χ0) is 11.4. The van der Waals surface area contributed by atoms with Gasteiger partial charge in [0.1, 0.15) is 0 Å². The Kier molecular flexibility index (Phi) is 3.57. The highest BCUT2D eigenvalue weighted by Crippen LogP contribution is 2.28. The minimum Gasteiger partial charge on any atom is -0.481 e. The van der Waals surface area contributed by atoms with Gasteiger partial charge in [0.25, 0.3) is 0 Å². The van der Waals surface area contributed by atoms with Crippen LogP contribution >= 0.6 is 0 Å². The molecule has 2 atom stereocenters. The molecule has 1 saturated heterocycles. The summed E-state index contributed by atoms with van der Waals surface area (Å²) in [6.07, 6.45) is 2.82. The molecule has 1 aromatic rings. The molecule has 0 radical (unpaired) electrons. The third-order valence-corrected chi connectivity index (χ3v) is 3.18. The van der Waals surface area contributed by atoms with Crippen LogP contribution in [-0.4, -0.2) is 17.6 Å². The molecule has 0 bridgehead atoms. The SMILES string of the molecule is O=C(O)[C@@H]1CCCCN[C@H]1c1ccccc1. The molecule has 2 N–H and O–H groups in total. The van der Waals surface area contributed by atoms with Gasteiger partial charge >= 0.3 is 5.97 Å². The lowest BCUT2D eigenvalue weighted by molar-refractivity contribution is -0.143. The van der Waals surface area contributed by atoms with E-state index in [2.05, 4.69) is 5.32 Å². The molecule has 1 aliphatic heterocycles. The lowest BCUT2D eigenvalue weighted by Gasteiger charge is -2.22. The van der Waals surface area contributed by atoms with Crippen LogP contribution in [0.2, 0.25) is 0 Å². The molecule has 1 fully saturated rings. The van der Waals surface area contributed by atoms with Gasteiger partial charge in [-0.15, -0.1) is 0 Å². The standard InChI is InChI=1S/C13H17NO2/c15-13(16)11-8-4-5-9-14-12(11)10-6-2-1-3-7-10/h1-3,6-7,11-12,14H,4-5,8-9H2,(H,15,16)/t11-,12+/m1/s1. The zero-order valence-corrected chi connectivity index (χ0v) is 9.23. The molecule has 0 aromatic heterocycles. The molecule has 0 amide bonds. The van der Waals surface area contributed by atoms with Crippen LogP contribution in [0.15, 0.2) is 30.3 Å². The third-order valence-electron chi connectivity index (χ3n) is 3.18. The second-order valence-electron chi connectivity index (χ2n) is 4.28. The Bertz CT molecular complexity index is 350. The molecule has 1 aliphatic rings. The van der Waals surface area contributed by atoms with E-state index >= 15 is 0 Å². The second-order valence-corrected chi connectivity index (χ2v) is 4.28. The average molecular weight is 219 g/mol. The molecular weight excluding hydrogens is 202 g/mol. The zero-order valence-electron chi connectivity index (χ0n) is 9.23. The van der Waals surface area contributed by atoms with Crippen LogP contribution < -0.4 is 5.32 Å². The van der Waals surface area contributed by atoms with Crippen molar-refractivity contribution >= 4 is 5.97 Å². The van der Waals surface area contributed by atoms with Crippen molar-refractivity contribution in [3.63, 3.8) is 0 Å². The van der Waals surface area contributed by atoms with Gasteiger partial charge in [0, 0.05) is 6.04 Å². The van der Waals surface area contributed by atoms with Crippen LogP contribution in [0.5, 0.6) is 0 Å². The van der Waals surface area contributed by atoms with Gasteiger partial charge in [-0.2, -0.15) is 0 Å². The number of carbonyl (C=O) groups is 1. The molecule has 0 unspecified atom stereocenters. The van der Waals surface area contributed by atoms with Gasteiger partial charge in [-0.25, -0.2) is 0 Å². The summed E-state index contributed by atoms with van der Waals surface area (Å²) < 4.78 is 0. The molecule has 0 saturated carbocycles. The van der Waals surface area contributed by atoms with Crippen LogP contribution in [0.4, 0.5) is 0 Å². The molecule has 2 rings (SSSR count). The number of aliphatic carboxylic acids is 1. The van der Waals surface area contributed by atoms with Gasteiger partial charge in [0.15, 0.2) is 0 Å². The Morgan fingerprint density at radius 2 is 2.00 bits per heavy atom. The molecule has 86 valence electrons. The molecule has 1 aromatic carbocycles. The number of benzene rings is 1. The normalized spacial score (nSPS) is 26.0. The van der Waals surface area contributed by atoms with Crippen LogP contribution in [-0.2, 0) is 4.79 Å². The number of hydrogen-bond donors (Lipinski definition) is 2. The summed E-state index contributed by atoms with van der Waals surface area (Å²) in [4.78, 5) is 11.3. The summed E-state index contributed by atoms with van der Waals surface area (Å²) >= 11 is 0. The first-order valence-electron chi connectivity index (χ1n) is 5.80. The first-order valence-corrected chi connectivity index (χ1v) is 5.80. The number of rotatable bonds is 2. The Hall–Kier alpha value is -1.35. The van der Waals surface area contributed by atoms with E-state index in [-0.39, 0.29) is 12.0 Å². The summed E-state index contributed by atoms with van der Waals surface area (Å²) in [7, 11) is 0. The van der Waals surface area contributed by atoms with Crippen molar-refractivity contribution < 1.29 is 9.90 Å². The van der Waals surface area contributed by atoms with Crippen LogP contribution in [0.3, 0.4) is 0 Å². The fourth-order valence-electron chi connectivity index (χ4n) is 2.33. The van der Waals surface area contributed by atoms with Gasteiger partial charge in [0.05, 0.1) is 5.92 Å². The molecule has 3 heteroatoms. The topological polar surface area (TPSA) is 49.3 Å². The Morgan fingerprint density at radius 3 is 2.69 bits per heavy atom. The van der Waals surface area contributed by atoms with Crippen molar-refractivity contribution in [2.24, 2.45) is 5.92 Å². The van der Waals surface area contributed by atoms with Gasteiger partial charge in [-0.1, -0.05) is 36.8 Å². The van der Waals surface area contributed by atoms with E-state index in [1.165, 1.54) is 0 Å². The van der Waals surface area contributed by atoms with E-state index in [9.17, 15) is 9.90 Å². The summed E-state index contributed by atoms with van der Waals surface area (Å²) in [6.45, 7) is 0.906. The monoisotopic (exact) mass is 219 g/mol. The van der Waals surface area contributed by atoms with Gasteiger partial charge in [-0.3, -0.25) is 4.79 Å². The van der Waals surface area contributed by atoms with E-state index in [4.69, 9.17) is 0 Å². The highest BCUT2D eigenvalue weighted by molar-refractivity contribution is 5.71. The Balaban J connectivity index is 2.24.